The summed E-state index contributed by atoms with van der Waals surface area (Å²) in [7, 11) is 3.25. The number of anilines is 2. The molecule has 2 N–H and O–H groups in total. The van der Waals surface area contributed by atoms with Crippen LogP contribution in [0.25, 0.3) is 0 Å². The van der Waals surface area contributed by atoms with Crippen LogP contribution in [0.2, 0.25) is 0 Å². The van der Waals surface area contributed by atoms with E-state index in [9.17, 15) is 4.79 Å². The molecule has 1 amide bonds. The number of amides is 1. The zero-order valence-corrected chi connectivity index (χ0v) is 15.2. The number of hydrogen-bond donors (Lipinski definition) is 2. The topological polar surface area (TPSA) is 72.5 Å². The van der Waals surface area contributed by atoms with E-state index >= 15 is 0 Å². The summed E-state index contributed by atoms with van der Waals surface area (Å²) in [5.41, 5.74) is 2.39. The molecule has 6 heteroatoms. The van der Waals surface area contributed by atoms with Gasteiger partial charge in [0.25, 0.3) is 5.91 Å². The van der Waals surface area contributed by atoms with Crippen molar-refractivity contribution in [3.63, 3.8) is 0 Å². The molecule has 0 bridgehead atoms. The summed E-state index contributed by atoms with van der Waals surface area (Å²) in [6, 6.07) is 18.5. The molecule has 0 aliphatic carbocycles. The molecular formula is C21H21N3O3. The third-order valence-electron chi connectivity index (χ3n) is 4.00. The van der Waals surface area contributed by atoms with E-state index in [1.165, 1.54) is 0 Å². The zero-order valence-electron chi connectivity index (χ0n) is 15.2. The lowest BCUT2D eigenvalue weighted by Gasteiger charge is -2.09. The summed E-state index contributed by atoms with van der Waals surface area (Å²) in [5, 5.41) is 6.08. The number of hydrogen-bond acceptors (Lipinski definition) is 5. The van der Waals surface area contributed by atoms with Crippen molar-refractivity contribution in [1.29, 1.82) is 0 Å². The molecule has 0 unspecified atom stereocenters. The summed E-state index contributed by atoms with van der Waals surface area (Å²) in [5.74, 6) is 2.00. The molecule has 0 radical (unpaired) electrons. The first-order valence-corrected chi connectivity index (χ1v) is 8.46. The first kappa shape index (κ1) is 18.3. The fourth-order valence-electron chi connectivity index (χ4n) is 2.49. The van der Waals surface area contributed by atoms with E-state index in [0.29, 0.717) is 17.9 Å². The lowest BCUT2D eigenvalue weighted by molar-refractivity contribution is 0.0951. The number of carbonyl (C=O) groups is 1. The molecule has 2 aromatic carbocycles. The lowest BCUT2D eigenvalue weighted by atomic mass is 10.2. The van der Waals surface area contributed by atoms with Crippen LogP contribution in [-0.2, 0) is 6.54 Å². The Balaban J connectivity index is 1.62. The second-order valence-corrected chi connectivity index (χ2v) is 5.81. The van der Waals surface area contributed by atoms with Crippen molar-refractivity contribution < 1.29 is 14.3 Å². The Hall–Kier alpha value is -3.54. The standard InChI is InChI=1S/C21H21N3O3/c1-26-18-7-3-15(4-8-18)14-23-21(25)16-11-12-22-20(13-16)24-17-5-9-19(27-2)10-6-17/h3-13H,14H2,1-2H3,(H,22,24)(H,23,25). The fourth-order valence-corrected chi connectivity index (χ4v) is 2.49. The maximum Gasteiger partial charge on any atom is 0.251 e. The van der Waals surface area contributed by atoms with Crippen LogP contribution in [0, 0.1) is 0 Å². The van der Waals surface area contributed by atoms with Crippen LogP contribution in [0.4, 0.5) is 11.5 Å². The first-order chi connectivity index (χ1) is 13.2. The smallest absolute Gasteiger partial charge is 0.251 e. The molecule has 6 nitrogen and oxygen atoms in total. The first-order valence-electron chi connectivity index (χ1n) is 8.46. The summed E-state index contributed by atoms with van der Waals surface area (Å²) in [6.45, 7) is 0.437. The second kappa shape index (κ2) is 8.71. The molecule has 27 heavy (non-hydrogen) atoms. The quantitative estimate of drug-likeness (QED) is 0.668. The Morgan fingerprint density at radius 2 is 1.56 bits per heavy atom. The van der Waals surface area contributed by atoms with E-state index < -0.39 is 0 Å². The van der Waals surface area contributed by atoms with Crippen LogP contribution in [0.1, 0.15) is 15.9 Å². The second-order valence-electron chi connectivity index (χ2n) is 5.81. The van der Waals surface area contributed by atoms with E-state index in [-0.39, 0.29) is 5.91 Å². The third-order valence-corrected chi connectivity index (χ3v) is 4.00. The Bertz CT molecular complexity index is 893. The fraction of sp³-hybridized carbons (Fsp3) is 0.143. The monoisotopic (exact) mass is 363 g/mol. The molecule has 0 aliphatic rings. The van der Waals surface area contributed by atoms with Gasteiger partial charge in [-0.15, -0.1) is 0 Å². The molecule has 0 saturated carbocycles. The highest BCUT2D eigenvalue weighted by Gasteiger charge is 2.07. The number of methoxy groups -OCH3 is 2. The normalized spacial score (nSPS) is 10.1. The molecule has 138 valence electrons. The molecular weight excluding hydrogens is 342 g/mol. The predicted octanol–water partition coefficient (Wildman–Crippen LogP) is 3.77. The summed E-state index contributed by atoms with van der Waals surface area (Å²) >= 11 is 0. The van der Waals surface area contributed by atoms with Crippen molar-refractivity contribution in [3.05, 3.63) is 78.0 Å². The third kappa shape index (κ3) is 4.98. The minimum absolute atomic E-state index is 0.161. The highest BCUT2D eigenvalue weighted by molar-refractivity contribution is 5.94. The number of carbonyl (C=O) groups excluding carboxylic acids is 1. The molecule has 1 heterocycles. The molecule has 0 saturated heterocycles. The maximum atomic E-state index is 12.4. The van der Waals surface area contributed by atoms with Gasteiger partial charge in [0.05, 0.1) is 14.2 Å². The van der Waals surface area contributed by atoms with Gasteiger partial charge >= 0.3 is 0 Å². The highest BCUT2D eigenvalue weighted by atomic mass is 16.5. The van der Waals surface area contributed by atoms with Gasteiger partial charge in [-0.2, -0.15) is 0 Å². The molecule has 3 rings (SSSR count). The summed E-state index contributed by atoms with van der Waals surface area (Å²) in [4.78, 5) is 16.7. The van der Waals surface area contributed by atoms with Crippen LogP contribution in [0.3, 0.4) is 0 Å². The number of benzene rings is 2. The van der Waals surface area contributed by atoms with Gasteiger partial charge in [0.1, 0.15) is 17.3 Å². The zero-order chi connectivity index (χ0) is 19.1. The van der Waals surface area contributed by atoms with Gasteiger partial charge in [-0.1, -0.05) is 12.1 Å². The van der Waals surface area contributed by atoms with Crippen molar-refractivity contribution in [2.45, 2.75) is 6.54 Å². The number of pyridine rings is 1. The molecule has 1 aromatic heterocycles. The van der Waals surface area contributed by atoms with Gasteiger partial charge in [0.15, 0.2) is 0 Å². The van der Waals surface area contributed by atoms with Crippen molar-refractivity contribution in [1.82, 2.24) is 10.3 Å². The van der Waals surface area contributed by atoms with Crippen LogP contribution in [-0.4, -0.2) is 25.1 Å². The Morgan fingerprint density at radius 1 is 0.926 bits per heavy atom. The average Bonchev–Trinajstić information content (AvgIpc) is 2.73. The van der Waals surface area contributed by atoms with Crippen LogP contribution >= 0.6 is 0 Å². The largest absolute Gasteiger partial charge is 0.497 e. The van der Waals surface area contributed by atoms with Crippen LogP contribution in [0.15, 0.2) is 66.9 Å². The number of ether oxygens (including phenoxy) is 2. The SMILES string of the molecule is COc1ccc(CNC(=O)c2ccnc(Nc3ccc(OC)cc3)c2)cc1. The van der Waals surface area contributed by atoms with E-state index in [0.717, 1.165) is 22.7 Å². The van der Waals surface area contributed by atoms with Gasteiger partial charge in [-0.05, 0) is 54.1 Å². The van der Waals surface area contributed by atoms with E-state index in [2.05, 4.69) is 15.6 Å². The van der Waals surface area contributed by atoms with Gasteiger partial charge in [0.2, 0.25) is 0 Å². The Labute approximate surface area is 158 Å². The van der Waals surface area contributed by atoms with E-state index in [1.807, 2.05) is 48.5 Å². The Kier molecular flexibility index (Phi) is 5.89. The highest BCUT2D eigenvalue weighted by Crippen LogP contribution is 2.19. The van der Waals surface area contributed by atoms with Crippen molar-refractivity contribution in [3.8, 4) is 11.5 Å². The van der Waals surface area contributed by atoms with Crippen molar-refractivity contribution in [2.24, 2.45) is 0 Å². The predicted molar refractivity (Wildman–Crippen MR) is 105 cm³/mol. The number of nitrogens with one attached hydrogen (secondary N) is 2. The van der Waals surface area contributed by atoms with Crippen LogP contribution < -0.4 is 20.1 Å². The van der Waals surface area contributed by atoms with Gasteiger partial charge in [0, 0.05) is 24.0 Å². The number of nitrogens with zero attached hydrogens (tertiary/aromatic N) is 1. The van der Waals surface area contributed by atoms with Crippen molar-refractivity contribution >= 4 is 17.4 Å². The average molecular weight is 363 g/mol. The summed E-state index contributed by atoms with van der Waals surface area (Å²) < 4.78 is 10.3. The molecule has 3 aromatic rings. The molecule has 0 spiro atoms. The van der Waals surface area contributed by atoms with E-state index in [4.69, 9.17) is 9.47 Å². The van der Waals surface area contributed by atoms with Crippen LogP contribution in [0.5, 0.6) is 11.5 Å². The minimum Gasteiger partial charge on any atom is -0.497 e. The van der Waals surface area contributed by atoms with Gasteiger partial charge in [-0.25, -0.2) is 4.98 Å². The molecule has 0 fully saturated rings. The van der Waals surface area contributed by atoms with Gasteiger partial charge < -0.3 is 20.1 Å². The molecule has 0 aliphatic heterocycles. The van der Waals surface area contributed by atoms with Gasteiger partial charge in [-0.3, -0.25) is 4.79 Å². The van der Waals surface area contributed by atoms with E-state index in [1.54, 1.807) is 32.5 Å². The lowest BCUT2D eigenvalue weighted by Crippen LogP contribution is -2.22. The van der Waals surface area contributed by atoms with Crippen molar-refractivity contribution in [2.75, 3.05) is 19.5 Å². The maximum absolute atomic E-state index is 12.4. The number of aromatic nitrogens is 1. The summed E-state index contributed by atoms with van der Waals surface area (Å²) in [6.07, 6.45) is 1.61. The molecule has 0 atom stereocenters. The minimum atomic E-state index is -0.161. The Morgan fingerprint density at radius 3 is 2.19 bits per heavy atom. The number of rotatable bonds is 7.